The van der Waals surface area contributed by atoms with E-state index in [2.05, 4.69) is 22.2 Å². The van der Waals surface area contributed by atoms with Crippen molar-refractivity contribution in [3.05, 3.63) is 47.9 Å². The summed E-state index contributed by atoms with van der Waals surface area (Å²) in [6.07, 6.45) is 4.47. The molecular weight excluding hydrogens is 214 g/mol. The maximum Gasteiger partial charge on any atom is 0.125 e. The van der Waals surface area contributed by atoms with Gasteiger partial charge in [-0.1, -0.05) is 6.92 Å². The van der Waals surface area contributed by atoms with Gasteiger partial charge in [-0.2, -0.15) is 0 Å². The van der Waals surface area contributed by atoms with Crippen LogP contribution in [0, 0.1) is 6.92 Å². The standard InChI is InChI=1S/C13H17N3O/c1-3-12(13-5-4-8-17-13)15-9-11-6-7-14-10(2)16-11/h4-8,12,15H,3,9H2,1-2H3. The van der Waals surface area contributed by atoms with Crippen molar-refractivity contribution in [2.45, 2.75) is 32.9 Å². The largest absolute Gasteiger partial charge is 0.468 e. The van der Waals surface area contributed by atoms with Gasteiger partial charge in [-0.05, 0) is 31.5 Å². The predicted octanol–water partition coefficient (Wildman–Crippen LogP) is 2.62. The number of furan rings is 1. The lowest BCUT2D eigenvalue weighted by atomic mass is 10.1. The molecule has 2 aromatic heterocycles. The summed E-state index contributed by atoms with van der Waals surface area (Å²) >= 11 is 0. The minimum absolute atomic E-state index is 0.236. The van der Waals surface area contributed by atoms with E-state index in [-0.39, 0.29) is 6.04 Å². The van der Waals surface area contributed by atoms with E-state index in [1.807, 2.05) is 25.1 Å². The van der Waals surface area contributed by atoms with Crippen molar-refractivity contribution >= 4 is 0 Å². The molecule has 0 amide bonds. The first-order valence-corrected chi connectivity index (χ1v) is 5.85. The average molecular weight is 231 g/mol. The van der Waals surface area contributed by atoms with E-state index in [1.54, 1.807) is 12.5 Å². The molecular formula is C13H17N3O. The summed E-state index contributed by atoms with van der Waals surface area (Å²) in [6, 6.07) is 6.07. The van der Waals surface area contributed by atoms with Crippen LogP contribution in [0.5, 0.6) is 0 Å². The summed E-state index contributed by atoms with van der Waals surface area (Å²) in [5, 5.41) is 3.43. The highest BCUT2D eigenvalue weighted by Crippen LogP contribution is 2.17. The van der Waals surface area contributed by atoms with Gasteiger partial charge in [-0.3, -0.25) is 0 Å². The molecule has 4 nitrogen and oxygen atoms in total. The van der Waals surface area contributed by atoms with Crippen molar-refractivity contribution in [1.82, 2.24) is 15.3 Å². The number of hydrogen-bond acceptors (Lipinski definition) is 4. The first-order valence-electron chi connectivity index (χ1n) is 5.85. The molecule has 1 unspecified atom stereocenters. The number of nitrogens with one attached hydrogen (secondary N) is 1. The second kappa shape index (κ2) is 5.59. The van der Waals surface area contributed by atoms with Gasteiger partial charge in [0.15, 0.2) is 0 Å². The van der Waals surface area contributed by atoms with Gasteiger partial charge >= 0.3 is 0 Å². The van der Waals surface area contributed by atoms with Crippen LogP contribution in [0.1, 0.15) is 36.7 Å². The zero-order chi connectivity index (χ0) is 12.1. The highest BCUT2D eigenvalue weighted by molar-refractivity contribution is 5.06. The molecule has 0 saturated heterocycles. The first-order chi connectivity index (χ1) is 8.29. The topological polar surface area (TPSA) is 51.0 Å². The van der Waals surface area contributed by atoms with Gasteiger partial charge in [-0.25, -0.2) is 9.97 Å². The molecule has 0 aliphatic carbocycles. The lowest BCUT2D eigenvalue weighted by molar-refractivity contribution is 0.401. The summed E-state index contributed by atoms with van der Waals surface area (Å²) < 4.78 is 5.40. The highest BCUT2D eigenvalue weighted by Gasteiger charge is 2.11. The third-order valence-electron chi connectivity index (χ3n) is 2.66. The van der Waals surface area contributed by atoms with Gasteiger partial charge in [0, 0.05) is 12.7 Å². The van der Waals surface area contributed by atoms with Crippen LogP contribution in [0.15, 0.2) is 35.1 Å². The molecule has 0 aromatic carbocycles. The van der Waals surface area contributed by atoms with Crippen LogP contribution in [-0.4, -0.2) is 9.97 Å². The maximum atomic E-state index is 5.40. The molecule has 0 fully saturated rings. The van der Waals surface area contributed by atoms with Crippen LogP contribution < -0.4 is 5.32 Å². The Labute approximate surface area is 101 Å². The maximum absolute atomic E-state index is 5.40. The van der Waals surface area contributed by atoms with Crippen molar-refractivity contribution in [2.24, 2.45) is 0 Å². The van der Waals surface area contributed by atoms with Gasteiger partial charge in [-0.15, -0.1) is 0 Å². The predicted molar refractivity (Wildman–Crippen MR) is 65.3 cm³/mol. The van der Waals surface area contributed by atoms with Crippen LogP contribution in [0.4, 0.5) is 0 Å². The number of aryl methyl sites for hydroxylation is 1. The van der Waals surface area contributed by atoms with E-state index in [0.717, 1.165) is 30.2 Å². The van der Waals surface area contributed by atoms with Crippen molar-refractivity contribution in [1.29, 1.82) is 0 Å². The molecule has 2 heterocycles. The fourth-order valence-electron chi connectivity index (χ4n) is 1.77. The summed E-state index contributed by atoms with van der Waals surface area (Å²) in [5.41, 5.74) is 1.00. The van der Waals surface area contributed by atoms with E-state index in [0.29, 0.717) is 0 Å². The summed E-state index contributed by atoms with van der Waals surface area (Å²) in [5.74, 6) is 1.77. The molecule has 17 heavy (non-hydrogen) atoms. The van der Waals surface area contributed by atoms with Crippen molar-refractivity contribution < 1.29 is 4.42 Å². The summed E-state index contributed by atoms with van der Waals surface area (Å²) in [4.78, 5) is 8.44. The molecule has 0 radical (unpaired) electrons. The molecule has 4 heteroatoms. The van der Waals surface area contributed by atoms with Crippen molar-refractivity contribution in [2.75, 3.05) is 0 Å². The molecule has 0 aliphatic heterocycles. The normalized spacial score (nSPS) is 12.6. The Morgan fingerprint density at radius 2 is 2.29 bits per heavy atom. The van der Waals surface area contributed by atoms with E-state index >= 15 is 0 Å². The number of rotatable bonds is 5. The first kappa shape index (κ1) is 11.8. The summed E-state index contributed by atoms with van der Waals surface area (Å²) in [7, 11) is 0. The van der Waals surface area contributed by atoms with Gasteiger partial charge in [0.2, 0.25) is 0 Å². The molecule has 0 bridgehead atoms. The molecule has 2 rings (SSSR count). The Kier molecular flexibility index (Phi) is 3.88. The van der Waals surface area contributed by atoms with E-state index < -0.39 is 0 Å². The van der Waals surface area contributed by atoms with E-state index in [1.165, 1.54) is 0 Å². The van der Waals surface area contributed by atoms with Crippen molar-refractivity contribution in [3.63, 3.8) is 0 Å². The Balaban J connectivity index is 1.97. The fraction of sp³-hybridized carbons (Fsp3) is 0.385. The molecule has 2 aromatic rings. The SMILES string of the molecule is CCC(NCc1ccnc(C)n1)c1ccco1. The molecule has 0 saturated carbocycles. The number of hydrogen-bond donors (Lipinski definition) is 1. The Morgan fingerprint density at radius 1 is 1.41 bits per heavy atom. The lowest BCUT2D eigenvalue weighted by Gasteiger charge is -2.14. The zero-order valence-corrected chi connectivity index (χ0v) is 10.2. The van der Waals surface area contributed by atoms with Gasteiger partial charge in [0.25, 0.3) is 0 Å². The van der Waals surface area contributed by atoms with Gasteiger partial charge < -0.3 is 9.73 Å². The van der Waals surface area contributed by atoms with Gasteiger partial charge in [0.05, 0.1) is 18.0 Å². The van der Waals surface area contributed by atoms with Crippen LogP contribution in [0.25, 0.3) is 0 Å². The Hall–Kier alpha value is -1.68. The van der Waals surface area contributed by atoms with Crippen LogP contribution in [0.3, 0.4) is 0 Å². The Bertz CT molecular complexity index is 453. The lowest BCUT2D eigenvalue weighted by Crippen LogP contribution is -2.20. The number of aromatic nitrogens is 2. The molecule has 1 atom stereocenters. The van der Waals surface area contributed by atoms with Gasteiger partial charge in [0.1, 0.15) is 11.6 Å². The van der Waals surface area contributed by atoms with E-state index in [4.69, 9.17) is 4.42 Å². The second-order valence-electron chi connectivity index (χ2n) is 3.95. The quantitative estimate of drug-likeness (QED) is 0.859. The zero-order valence-electron chi connectivity index (χ0n) is 10.2. The minimum atomic E-state index is 0.236. The Morgan fingerprint density at radius 3 is 2.94 bits per heavy atom. The van der Waals surface area contributed by atoms with E-state index in [9.17, 15) is 0 Å². The van der Waals surface area contributed by atoms with Crippen LogP contribution in [-0.2, 0) is 6.54 Å². The second-order valence-corrected chi connectivity index (χ2v) is 3.95. The minimum Gasteiger partial charge on any atom is -0.468 e. The average Bonchev–Trinajstić information content (AvgIpc) is 2.84. The molecule has 0 spiro atoms. The summed E-state index contributed by atoms with van der Waals surface area (Å²) in [6.45, 7) is 4.75. The van der Waals surface area contributed by atoms with Crippen LogP contribution >= 0.6 is 0 Å². The molecule has 0 aliphatic rings. The van der Waals surface area contributed by atoms with Crippen LogP contribution in [0.2, 0.25) is 0 Å². The van der Waals surface area contributed by atoms with Crippen molar-refractivity contribution in [3.8, 4) is 0 Å². The molecule has 90 valence electrons. The molecule has 1 N–H and O–H groups in total. The monoisotopic (exact) mass is 231 g/mol. The third kappa shape index (κ3) is 3.14. The highest BCUT2D eigenvalue weighted by atomic mass is 16.3. The third-order valence-corrected chi connectivity index (χ3v) is 2.66. The number of nitrogens with zero attached hydrogens (tertiary/aromatic N) is 2. The fourth-order valence-corrected chi connectivity index (χ4v) is 1.77. The smallest absolute Gasteiger partial charge is 0.125 e.